The molecule has 0 fully saturated rings. The molecule has 0 rings (SSSR count). The summed E-state index contributed by atoms with van der Waals surface area (Å²) >= 11 is 0. The van der Waals surface area contributed by atoms with Gasteiger partial charge in [0, 0.05) is 12.6 Å². The molecular formula is C14H26N2O4. The van der Waals surface area contributed by atoms with E-state index in [-0.39, 0.29) is 18.6 Å². The van der Waals surface area contributed by atoms with Gasteiger partial charge in [0.15, 0.2) is 0 Å². The topological polar surface area (TPSA) is 84.5 Å². The summed E-state index contributed by atoms with van der Waals surface area (Å²) in [5.74, 6) is -1.57. The summed E-state index contributed by atoms with van der Waals surface area (Å²) in [5, 5.41) is 5.05. The van der Waals surface area contributed by atoms with Crippen LogP contribution in [0.1, 0.15) is 47.5 Å². The van der Waals surface area contributed by atoms with Gasteiger partial charge in [0.25, 0.3) is 0 Å². The van der Waals surface area contributed by atoms with Gasteiger partial charge in [0.2, 0.25) is 0 Å². The first-order chi connectivity index (χ1) is 9.18. The van der Waals surface area contributed by atoms with Crippen LogP contribution in [-0.2, 0) is 19.1 Å². The van der Waals surface area contributed by atoms with E-state index in [0.717, 1.165) is 6.42 Å². The fourth-order valence-electron chi connectivity index (χ4n) is 1.13. The van der Waals surface area contributed by atoms with E-state index in [4.69, 9.17) is 4.74 Å². The molecule has 2 amide bonds. The average Bonchev–Trinajstić information content (AvgIpc) is 2.36. The molecular weight excluding hydrogens is 260 g/mol. The molecule has 2 N–H and O–H groups in total. The highest BCUT2D eigenvalue weighted by Gasteiger charge is 2.22. The first kappa shape index (κ1) is 18.4. The van der Waals surface area contributed by atoms with Gasteiger partial charge in [-0.15, -0.1) is 0 Å². The number of amides is 2. The molecule has 0 aromatic heterocycles. The molecule has 0 radical (unpaired) electrons. The zero-order valence-electron chi connectivity index (χ0n) is 13.0. The molecule has 0 aromatic carbocycles. The average molecular weight is 286 g/mol. The Balaban J connectivity index is 3.78. The van der Waals surface area contributed by atoms with Crippen molar-refractivity contribution in [1.29, 1.82) is 0 Å². The molecule has 1 atom stereocenters. The number of carbonyl (C=O) groups excluding carboxylic acids is 3. The van der Waals surface area contributed by atoms with Crippen molar-refractivity contribution in [1.82, 2.24) is 10.6 Å². The maximum Gasteiger partial charge on any atom is 0.311 e. The van der Waals surface area contributed by atoms with E-state index >= 15 is 0 Å². The van der Waals surface area contributed by atoms with Crippen molar-refractivity contribution >= 4 is 17.8 Å². The van der Waals surface area contributed by atoms with Crippen molar-refractivity contribution in [2.75, 3.05) is 13.2 Å². The summed E-state index contributed by atoms with van der Waals surface area (Å²) in [7, 11) is 0. The normalized spacial score (nSPS) is 12.4. The molecule has 6 nitrogen and oxygen atoms in total. The molecule has 0 saturated carbocycles. The van der Waals surface area contributed by atoms with Crippen LogP contribution in [-0.4, -0.2) is 37.0 Å². The third-order valence-corrected chi connectivity index (χ3v) is 2.65. The zero-order chi connectivity index (χ0) is 15.8. The quantitative estimate of drug-likeness (QED) is 0.433. The van der Waals surface area contributed by atoms with E-state index in [9.17, 15) is 14.4 Å². The molecule has 0 saturated heterocycles. The van der Waals surface area contributed by atoms with E-state index < -0.39 is 17.2 Å². The molecule has 6 heteroatoms. The van der Waals surface area contributed by atoms with Crippen LogP contribution in [0.15, 0.2) is 0 Å². The van der Waals surface area contributed by atoms with Crippen molar-refractivity contribution in [3.05, 3.63) is 0 Å². The summed E-state index contributed by atoms with van der Waals surface area (Å²) in [6.07, 6.45) is 1.24. The molecule has 0 aliphatic rings. The van der Waals surface area contributed by atoms with Crippen molar-refractivity contribution in [2.45, 2.75) is 53.5 Å². The lowest BCUT2D eigenvalue weighted by molar-refractivity contribution is -0.153. The largest absolute Gasteiger partial charge is 0.465 e. The maximum absolute atomic E-state index is 11.5. The number of carbonyl (C=O) groups is 3. The van der Waals surface area contributed by atoms with Crippen LogP contribution in [0, 0.1) is 5.41 Å². The van der Waals surface area contributed by atoms with Gasteiger partial charge in [-0.05, 0) is 40.5 Å². The van der Waals surface area contributed by atoms with E-state index in [2.05, 4.69) is 10.6 Å². The van der Waals surface area contributed by atoms with Gasteiger partial charge in [-0.25, -0.2) is 0 Å². The summed E-state index contributed by atoms with van der Waals surface area (Å²) < 4.78 is 5.04. The van der Waals surface area contributed by atoms with Crippen LogP contribution in [0.3, 0.4) is 0 Å². The minimum atomic E-state index is -0.660. The van der Waals surface area contributed by atoms with Gasteiger partial charge in [-0.3, -0.25) is 14.4 Å². The summed E-state index contributed by atoms with van der Waals surface area (Å²) in [6, 6.07) is -0.0269. The Morgan fingerprint density at radius 3 is 2.25 bits per heavy atom. The second kappa shape index (κ2) is 8.55. The highest BCUT2D eigenvalue weighted by molar-refractivity contribution is 6.35. The molecule has 1 unspecified atom stereocenters. The van der Waals surface area contributed by atoms with E-state index in [0.29, 0.717) is 13.0 Å². The smallest absolute Gasteiger partial charge is 0.311 e. The Bertz CT molecular complexity index is 348. The van der Waals surface area contributed by atoms with Crippen LogP contribution in [0.5, 0.6) is 0 Å². The Labute approximate surface area is 120 Å². The van der Waals surface area contributed by atoms with Gasteiger partial charge < -0.3 is 15.4 Å². The lowest BCUT2D eigenvalue weighted by Gasteiger charge is -2.16. The Kier molecular flexibility index (Phi) is 7.87. The fraction of sp³-hybridized carbons (Fsp3) is 0.786. The summed E-state index contributed by atoms with van der Waals surface area (Å²) in [5.41, 5.74) is -0.528. The van der Waals surface area contributed by atoms with Crippen LogP contribution in [0.4, 0.5) is 0 Å². The Morgan fingerprint density at radius 2 is 1.75 bits per heavy atom. The second-order valence-electron chi connectivity index (χ2n) is 5.78. The molecule has 0 heterocycles. The highest BCUT2D eigenvalue weighted by Crippen LogP contribution is 2.14. The first-order valence-corrected chi connectivity index (χ1v) is 6.94. The standard InChI is InChI=1S/C14H26N2O4/c1-6-10(2)16-12(18)11(17)15-8-7-9-20-13(19)14(3,4)5/h10H,6-9H2,1-5H3,(H,15,17)(H,16,18). The molecule has 0 bridgehead atoms. The lowest BCUT2D eigenvalue weighted by atomic mass is 9.97. The number of nitrogens with one attached hydrogen (secondary N) is 2. The summed E-state index contributed by atoms with van der Waals surface area (Å²) in [4.78, 5) is 34.3. The van der Waals surface area contributed by atoms with Crippen LogP contribution in [0.2, 0.25) is 0 Å². The second-order valence-corrected chi connectivity index (χ2v) is 5.78. The Hall–Kier alpha value is -1.59. The number of ether oxygens (including phenoxy) is 1. The van der Waals surface area contributed by atoms with Gasteiger partial charge in [-0.2, -0.15) is 0 Å². The molecule has 0 spiro atoms. The maximum atomic E-state index is 11.5. The van der Waals surface area contributed by atoms with E-state index in [1.54, 1.807) is 20.8 Å². The molecule has 116 valence electrons. The van der Waals surface area contributed by atoms with Gasteiger partial charge in [0.1, 0.15) is 0 Å². The van der Waals surface area contributed by atoms with Gasteiger partial charge >= 0.3 is 17.8 Å². The van der Waals surface area contributed by atoms with Crippen molar-refractivity contribution in [3.63, 3.8) is 0 Å². The Morgan fingerprint density at radius 1 is 1.15 bits per heavy atom. The van der Waals surface area contributed by atoms with E-state index in [1.807, 2.05) is 13.8 Å². The fourth-order valence-corrected chi connectivity index (χ4v) is 1.13. The third kappa shape index (κ3) is 7.76. The van der Waals surface area contributed by atoms with Gasteiger partial charge in [0.05, 0.1) is 12.0 Å². The molecule has 20 heavy (non-hydrogen) atoms. The molecule has 0 aromatic rings. The number of rotatable bonds is 6. The minimum Gasteiger partial charge on any atom is -0.465 e. The molecule has 0 aliphatic heterocycles. The highest BCUT2D eigenvalue weighted by atomic mass is 16.5. The first-order valence-electron chi connectivity index (χ1n) is 6.94. The predicted octanol–water partition coefficient (Wildman–Crippen LogP) is 0.997. The van der Waals surface area contributed by atoms with Crippen LogP contribution >= 0.6 is 0 Å². The number of hydrogen-bond acceptors (Lipinski definition) is 4. The predicted molar refractivity (Wildman–Crippen MR) is 75.9 cm³/mol. The third-order valence-electron chi connectivity index (χ3n) is 2.65. The van der Waals surface area contributed by atoms with Crippen molar-refractivity contribution in [3.8, 4) is 0 Å². The van der Waals surface area contributed by atoms with Gasteiger partial charge in [-0.1, -0.05) is 6.92 Å². The molecule has 0 aliphatic carbocycles. The zero-order valence-corrected chi connectivity index (χ0v) is 13.0. The number of esters is 1. The number of hydrogen-bond donors (Lipinski definition) is 2. The van der Waals surface area contributed by atoms with Crippen molar-refractivity contribution < 1.29 is 19.1 Å². The van der Waals surface area contributed by atoms with Crippen molar-refractivity contribution in [2.24, 2.45) is 5.41 Å². The summed E-state index contributed by atoms with van der Waals surface area (Å²) in [6.45, 7) is 9.60. The monoisotopic (exact) mass is 286 g/mol. The minimum absolute atomic E-state index is 0.0269. The lowest BCUT2D eigenvalue weighted by Crippen LogP contribution is -2.43. The van der Waals surface area contributed by atoms with Crippen LogP contribution in [0.25, 0.3) is 0 Å². The SMILES string of the molecule is CCC(C)NC(=O)C(=O)NCCCOC(=O)C(C)(C)C. The van der Waals surface area contributed by atoms with E-state index in [1.165, 1.54) is 0 Å². The van der Waals surface area contributed by atoms with Crippen LogP contribution < -0.4 is 10.6 Å².